The molecule has 6 nitrogen and oxygen atoms in total. The molecule has 1 heterocycles. The Balaban J connectivity index is 2.39. The molecule has 1 aromatic carbocycles. The Hall–Kier alpha value is -2.15. The zero-order valence-corrected chi connectivity index (χ0v) is 14.0. The predicted octanol–water partition coefficient (Wildman–Crippen LogP) is 2.49. The third-order valence-electron chi connectivity index (χ3n) is 3.17. The van der Waals surface area contributed by atoms with Crippen molar-refractivity contribution < 1.29 is 9.59 Å². The van der Waals surface area contributed by atoms with Crippen molar-refractivity contribution in [1.29, 1.82) is 0 Å². The first kappa shape index (κ1) is 16.2. The first-order chi connectivity index (χ1) is 10.4. The zero-order valence-electron chi connectivity index (χ0n) is 12.4. The van der Waals surface area contributed by atoms with Crippen LogP contribution in [-0.2, 0) is 13.5 Å². The van der Waals surface area contributed by atoms with Crippen LogP contribution in [0.3, 0.4) is 0 Å². The number of primary amides is 1. The molecule has 0 saturated heterocycles. The summed E-state index contributed by atoms with van der Waals surface area (Å²) in [6, 6.07) is 7.00. The van der Waals surface area contributed by atoms with Gasteiger partial charge in [-0.1, -0.05) is 35.3 Å². The molecule has 0 unspecified atom stereocenters. The largest absolute Gasteiger partial charge is 0.364 e. The number of carbonyl (C=O) groups excluding carboxylic acids is 2. The van der Waals surface area contributed by atoms with Crippen LogP contribution in [0.4, 0.5) is 5.69 Å². The maximum absolute atomic E-state index is 12.4. The smallest absolute Gasteiger partial charge is 0.269 e. The molecule has 1 aromatic heterocycles. The van der Waals surface area contributed by atoms with Crippen LogP contribution in [0.25, 0.3) is 0 Å². The standard InChI is InChI=1S/C15H17BrN4O2/c1-3-5-11-12(13(14(17)21)20(2)19-11)18-15(22)9-6-4-7-10(16)8-9/h4,6-8H,3,5H2,1-2H3,(H2,17,21)(H,18,22). The average molecular weight is 365 g/mol. The average Bonchev–Trinajstić information content (AvgIpc) is 2.75. The van der Waals surface area contributed by atoms with Crippen LogP contribution < -0.4 is 11.1 Å². The Bertz CT molecular complexity index is 724. The van der Waals surface area contributed by atoms with Gasteiger partial charge in [-0.3, -0.25) is 14.3 Å². The number of nitrogens with one attached hydrogen (secondary N) is 1. The number of amides is 2. The number of nitrogens with zero attached hydrogens (tertiary/aromatic N) is 2. The molecule has 2 aromatic rings. The van der Waals surface area contributed by atoms with E-state index in [1.165, 1.54) is 4.68 Å². The number of nitrogens with two attached hydrogens (primary N) is 1. The molecule has 0 saturated carbocycles. The molecule has 0 fully saturated rings. The van der Waals surface area contributed by atoms with Gasteiger partial charge in [0.1, 0.15) is 5.69 Å². The number of rotatable bonds is 5. The molecule has 0 aliphatic heterocycles. The van der Waals surface area contributed by atoms with Crippen LogP contribution in [0.15, 0.2) is 28.7 Å². The van der Waals surface area contributed by atoms with Crippen LogP contribution >= 0.6 is 15.9 Å². The van der Waals surface area contributed by atoms with Gasteiger partial charge in [-0.05, 0) is 24.6 Å². The SMILES string of the molecule is CCCc1nn(C)c(C(N)=O)c1NC(=O)c1cccc(Br)c1. The minimum Gasteiger partial charge on any atom is -0.364 e. The molecular weight excluding hydrogens is 348 g/mol. The van der Waals surface area contributed by atoms with E-state index in [1.807, 2.05) is 13.0 Å². The fourth-order valence-corrected chi connectivity index (χ4v) is 2.62. The third-order valence-corrected chi connectivity index (χ3v) is 3.66. The molecule has 22 heavy (non-hydrogen) atoms. The number of carbonyl (C=O) groups is 2. The van der Waals surface area contributed by atoms with Gasteiger partial charge >= 0.3 is 0 Å². The van der Waals surface area contributed by atoms with E-state index in [0.717, 1.165) is 10.9 Å². The second-order valence-electron chi connectivity index (χ2n) is 4.87. The Morgan fingerprint density at radius 1 is 1.41 bits per heavy atom. The molecule has 0 atom stereocenters. The Morgan fingerprint density at radius 3 is 2.73 bits per heavy atom. The fraction of sp³-hybridized carbons (Fsp3) is 0.267. The lowest BCUT2D eigenvalue weighted by Gasteiger charge is -2.07. The lowest BCUT2D eigenvalue weighted by molar-refractivity contribution is 0.0992. The van der Waals surface area contributed by atoms with Gasteiger partial charge in [0.25, 0.3) is 11.8 Å². The van der Waals surface area contributed by atoms with Crippen LogP contribution in [0, 0.1) is 0 Å². The molecule has 0 radical (unpaired) electrons. The van der Waals surface area contributed by atoms with E-state index >= 15 is 0 Å². The first-order valence-corrected chi connectivity index (χ1v) is 7.66. The van der Waals surface area contributed by atoms with Crippen molar-refractivity contribution >= 4 is 33.4 Å². The number of aromatic nitrogens is 2. The molecule has 0 aliphatic carbocycles. The van der Waals surface area contributed by atoms with Gasteiger partial charge in [0.15, 0.2) is 0 Å². The second kappa shape index (κ2) is 6.74. The van der Waals surface area contributed by atoms with E-state index in [4.69, 9.17) is 5.73 Å². The van der Waals surface area contributed by atoms with Gasteiger partial charge in [-0.25, -0.2) is 0 Å². The number of hydrogen-bond acceptors (Lipinski definition) is 3. The van der Waals surface area contributed by atoms with Crippen LogP contribution in [0.1, 0.15) is 39.9 Å². The molecule has 116 valence electrons. The molecule has 0 bridgehead atoms. The van der Waals surface area contributed by atoms with Gasteiger partial charge in [0.05, 0.1) is 11.4 Å². The number of anilines is 1. The highest BCUT2D eigenvalue weighted by molar-refractivity contribution is 9.10. The number of hydrogen-bond donors (Lipinski definition) is 2. The van der Waals surface area contributed by atoms with Crippen molar-refractivity contribution in [3.05, 3.63) is 45.7 Å². The van der Waals surface area contributed by atoms with Crippen molar-refractivity contribution in [2.24, 2.45) is 12.8 Å². The number of aryl methyl sites for hydroxylation is 2. The lowest BCUT2D eigenvalue weighted by Crippen LogP contribution is -2.20. The summed E-state index contributed by atoms with van der Waals surface area (Å²) < 4.78 is 2.21. The van der Waals surface area contributed by atoms with E-state index in [2.05, 4.69) is 26.3 Å². The zero-order chi connectivity index (χ0) is 16.3. The highest BCUT2D eigenvalue weighted by Crippen LogP contribution is 2.23. The molecule has 2 amide bonds. The maximum Gasteiger partial charge on any atom is 0.269 e. The van der Waals surface area contributed by atoms with Crippen molar-refractivity contribution in [2.75, 3.05) is 5.32 Å². The van der Waals surface area contributed by atoms with Crippen molar-refractivity contribution in [3.8, 4) is 0 Å². The highest BCUT2D eigenvalue weighted by atomic mass is 79.9. The van der Waals surface area contributed by atoms with Crippen molar-refractivity contribution in [2.45, 2.75) is 19.8 Å². The lowest BCUT2D eigenvalue weighted by atomic mass is 10.1. The molecule has 0 aliphatic rings. The first-order valence-electron chi connectivity index (χ1n) is 6.86. The van der Waals surface area contributed by atoms with Crippen molar-refractivity contribution in [1.82, 2.24) is 9.78 Å². The van der Waals surface area contributed by atoms with Crippen LogP contribution in [0.5, 0.6) is 0 Å². The number of halogens is 1. The Labute approximate surface area is 136 Å². The van der Waals surface area contributed by atoms with E-state index < -0.39 is 5.91 Å². The Kier molecular flexibility index (Phi) is 4.97. The van der Waals surface area contributed by atoms with Gasteiger partial charge < -0.3 is 11.1 Å². The Morgan fingerprint density at radius 2 is 2.14 bits per heavy atom. The topological polar surface area (TPSA) is 90.0 Å². The number of benzene rings is 1. The van der Waals surface area contributed by atoms with E-state index in [0.29, 0.717) is 23.4 Å². The van der Waals surface area contributed by atoms with E-state index in [9.17, 15) is 9.59 Å². The second-order valence-corrected chi connectivity index (χ2v) is 5.79. The quantitative estimate of drug-likeness (QED) is 0.853. The summed E-state index contributed by atoms with van der Waals surface area (Å²) in [5.74, 6) is -0.934. The summed E-state index contributed by atoms with van der Waals surface area (Å²) in [4.78, 5) is 24.0. The maximum atomic E-state index is 12.4. The summed E-state index contributed by atoms with van der Waals surface area (Å²) in [6.45, 7) is 2.00. The van der Waals surface area contributed by atoms with Gasteiger partial charge in [-0.2, -0.15) is 5.10 Å². The van der Waals surface area contributed by atoms with Gasteiger partial charge in [0.2, 0.25) is 0 Å². The van der Waals surface area contributed by atoms with E-state index in [-0.39, 0.29) is 11.6 Å². The third kappa shape index (κ3) is 3.36. The summed E-state index contributed by atoms with van der Waals surface area (Å²) >= 11 is 3.33. The van der Waals surface area contributed by atoms with Crippen molar-refractivity contribution in [3.63, 3.8) is 0 Å². The summed E-state index contributed by atoms with van der Waals surface area (Å²) in [6.07, 6.45) is 1.49. The molecule has 0 spiro atoms. The molecular formula is C15H17BrN4O2. The summed E-state index contributed by atoms with van der Waals surface area (Å²) in [5, 5.41) is 7.04. The highest BCUT2D eigenvalue weighted by Gasteiger charge is 2.22. The predicted molar refractivity (Wildman–Crippen MR) is 87.8 cm³/mol. The minimum atomic E-state index is -0.623. The summed E-state index contributed by atoms with van der Waals surface area (Å²) in [5.41, 5.74) is 7.13. The fourth-order valence-electron chi connectivity index (χ4n) is 2.22. The normalized spacial score (nSPS) is 10.5. The molecule has 2 rings (SSSR count). The monoisotopic (exact) mass is 364 g/mol. The van der Waals surface area contributed by atoms with Gasteiger partial charge in [0, 0.05) is 17.1 Å². The summed E-state index contributed by atoms with van der Waals surface area (Å²) in [7, 11) is 1.63. The molecule has 3 N–H and O–H groups in total. The van der Waals surface area contributed by atoms with E-state index in [1.54, 1.807) is 25.2 Å². The molecule has 7 heteroatoms. The minimum absolute atomic E-state index is 0.201. The van der Waals surface area contributed by atoms with Gasteiger partial charge in [-0.15, -0.1) is 0 Å². The van der Waals surface area contributed by atoms with Crippen LogP contribution in [0.2, 0.25) is 0 Å². The van der Waals surface area contributed by atoms with Crippen LogP contribution in [-0.4, -0.2) is 21.6 Å².